The molecule has 1 saturated heterocycles. The van der Waals surface area contributed by atoms with Crippen LogP contribution in [-0.4, -0.2) is 54.3 Å². The molecule has 3 rings (SSSR count). The zero-order valence-corrected chi connectivity index (χ0v) is 12.1. The molecule has 1 aliphatic heterocycles. The van der Waals surface area contributed by atoms with Gasteiger partial charge in [0.2, 0.25) is 0 Å². The number of hydrogen-bond acceptors (Lipinski definition) is 5. The standard InChI is InChI=1S/C15H19N3O3/c1-11-12-10-16-15(19)17-13(12)2-3-14(11)21-9-6-18-4-7-20-8-5-18/h2-3,10H,4-9H2,1H3,(H,16,17,19). The minimum atomic E-state index is -0.331. The van der Waals surface area contributed by atoms with Gasteiger partial charge in [-0.2, -0.15) is 0 Å². The number of aromatic amines is 1. The molecule has 2 heterocycles. The SMILES string of the molecule is Cc1c(OCCN2CCOCC2)ccc2[nH]c(=O)ncc12. The Labute approximate surface area is 122 Å². The summed E-state index contributed by atoms with van der Waals surface area (Å²) in [5.41, 5.74) is 1.45. The van der Waals surface area contributed by atoms with Crippen molar-refractivity contribution < 1.29 is 9.47 Å². The van der Waals surface area contributed by atoms with Gasteiger partial charge in [-0.3, -0.25) is 4.90 Å². The van der Waals surface area contributed by atoms with Crippen molar-refractivity contribution in [3.05, 3.63) is 34.4 Å². The topological polar surface area (TPSA) is 67.5 Å². The Morgan fingerprint density at radius 2 is 2.19 bits per heavy atom. The lowest BCUT2D eigenvalue weighted by molar-refractivity contribution is 0.0322. The van der Waals surface area contributed by atoms with E-state index >= 15 is 0 Å². The molecule has 0 radical (unpaired) electrons. The quantitative estimate of drug-likeness (QED) is 0.907. The second-order valence-electron chi connectivity index (χ2n) is 5.14. The highest BCUT2D eigenvalue weighted by atomic mass is 16.5. The maximum absolute atomic E-state index is 11.2. The van der Waals surface area contributed by atoms with E-state index in [0.29, 0.717) is 6.61 Å². The van der Waals surface area contributed by atoms with Crippen molar-refractivity contribution in [2.24, 2.45) is 0 Å². The first-order valence-corrected chi connectivity index (χ1v) is 7.15. The molecule has 0 aliphatic carbocycles. The van der Waals surface area contributed by atoms with Gasteiger partial charge in [-0.1, -0.05) is 0 Å². The van der Waals surface area contributed by atoms with Crippen molar-refractivity contribution >= 4 is 10.9 Å². The van der Waals surface area contributed by atoms with Gasteiger partial charge in [0.25, 0.3) is 0 Å². The van der Waals surface area contributed by atoms with E-state index in [9.17, 15) is 4.79 Å². The van der Waals surface area contributed by atoms with Crippen molar-refractivity contribution in [1.82, 2.24) is 14.9 Å². The lowest BCUT2D eigenvalue weighted by Crippen LogP contribution is -2.38. The highest BCUT2D eigenvalue weighted by molar-refractivity contribution is 5.83. The fourth-order valence-electron chi connectivity index (χ4n) is 2.52. The van der Waals surface area contributed by atoms with Crippen LogP contribution in [0.1, 0.15) is 5.56 Å². The van der Waals surface area contributed by atoms with Gasteiger partial charge in [0, 0.05) is 36.8 Å². The molecule has 0 atom stereocenters. The van der Waals surface area contributed by atoms with Crippen LogP contribution in [0, 0.1) is 6.92 Å². The van der Waals surface area contributed by atoms with Crippen LogP contribution in [-0.2, 0) is 4.74 Å². The molecule has 2 aromatic rings. The number of hydrogen-bond donors (Lipinski definition) is 1. The Hall–Kier alpha value is -1.92. The predicted octanol–water partition coefficient (Wildman–Crippen LogP) is 0.943. The largest absolute Gasteiger partial charge is 0.492 e. The van der Waals surface area contributed by atoms with Gasteiger partial charge in [0.15, 0.2) is 0 Å². The average Bonchev–Trinajstić information content (AvgIpc) is 2.50. The molecule has 0 amide bonds. The third kappa shape index (κ3) is 3.22. The first kappa shape index (κ1) is 14.0. The Balaban J connectivity index is 1.67. The fourth-order valence-corrected chi connectivity index (χ4v) is 2.52. The summed E-state index contributed by atoms with van der Waals surface area (Å²) < 4.78 is 11.2. The second-order valence-corrected chi connectivity index (χ2v) is 5.14. The van der Waals surface area contributed by atoms with Gasteiger partial charge in [0.05, 0.1) is 18.7 Å². The van der Waals surface area contributed by atoms with Crippen molar-refractivity contribution in [2.45, 2.75) is 6.92 Å². The van der Waals surface area contributed by atoms with Crippen LogP contribution in [0.3, 0.4) is 0 Å². The van der Waals surface area contributed by atoms with Crippen LogP contribution >= 0.6 is 0 Å². The Bertz CT molecular complexity index is 677. The smallest absolute Gasteiger partial charge is 0.345 e. The van der Waals surface area contributed by atoms with Crippen molar-refractivity contribution in [3.63, 3.8) is 0 Å². The van der Waals surface area contributed by atoms with Gasteiger partial charge >= 0.3 is 5.69 Å². The molecule has 0 unspecified atom stereocenters. The third-order valence-electron chi connectivity index (χ3n) is 3.79. The molecule has 1 aromatic heterocycles. The molecule has 0 bridgehead atoms. The summed E-state index contributed by atoms with van der Waals surface area (Å²) in [5.74, 6) is 0.838. The summed E-state index contributed by atoms with van der Waals surface area (Å²) in [6, 6.07) is 3.75. The summed E-state index contributed by atoms with van der Waals surface area (Å²) in [7, 11) is 0. The summed E-state index contributed by atoms with van der Waals surface area (Å²) >= 11 is 0. The number of nitrogens with zero attached hydrogens (tertiary/aromatic N) is 2. The molecule has 21 heavy (non-hydrogen) atoms. The van der Waals surface area contributed by atoms with E-state index in [0.717, 1.165) is 55.1 Å². The van der Waals surface area contributed by atoms with Crippen LogP contribution in [0.25, 0.3) is 10.9 Å². The zero-order chi connectivity index (χ0) is 14.7. The highest BCUT2D eigenvalue weighted by Gasteiger charge is 2.11. The molecule has 0 spiro atoms. The maximum Gasteiger partial charge on any atom is 0.345 e. The van der Waals surface area contributed by atoms with Gasteiger partial charge in [-0.05, 0) is 19.1 Å². The monoisotopic (exact) mass is 289 g/mol. The van der Waals surface area contributed by atoms with Crippen molar-refractivity contribution in [3.8, 4) is 5.75 Å². The third-order valence-corrected chi connectivity index (χ3v) is 3.79. The van der Waals surface area contributed by atoms with Gasteiger partial charge < -0.3 is 14.5 Å². The molecule has 112 valence electrons. The van der Waals surface area contributed by atoms with Crippen molar-refractivity contribution in [2.75, 3.05) is 39.5 Å². The zero-order valence-electron chi connectivity index (χ0n) is 12.1. The number of nitrogens with one attached hydrogen (secondary N) is 1. The number of ether oxygens (including phenoxy) is 2. The van der Waals surface area contributed by atoms with Gasteiger partial charge in [-0.15, -0.1) is 0 Å². The van der Waals surface area contributed by atoms with Crippen LogP contribution in [0.2, 0.25) is 0 Å². The Morgan fingerprint density at radius 1 is 1.38 bits per heavy atom. The van der Waals surface area contributed by atoms with Gasteiger partial charge in [-0.25, -0.2) is 9.78 Å². The molecule has 6 nitrogen and oxygen atoms in total. The fraction of sp³-hybridized carbons (Fsp3) is 0.467. The number of benzene rings is 1. The maximum atomic E-state index is 11.2. The molecule has 1 aromatic carbocycles. The van der Waals surface area contributed by atoms with Crippen LogP contribution in [0.15, 0.2) is 23.1 Å². The van der Waals surface area contributed by atoms with E-state index in [1.165, 1.54) is 0 Å². The van der Waals surface area contributed by atoms with E-state index < -0.39 is 0 Å². The molecular formula is C15H19N3O3. The molecule has 0 saturated carbocycles. The van der Waals surface area contributed by atoms with E-state index in [1.54, 1.807) is 6.20 Å². The summed E-state index contributed by atoms with van der Waals surface area (Å²) in [6.45, 7) is 7.04. The average molecular weight is 289 g/mol. The molecule has 6 heteroatoms. The first-order valence-electron chi connectivity index (χ1n) is 7.15. The van der Waals surface area contributed by atoms with Crippen LogP contribution in [0.5, 0.6) is 5.75 Å². The molecule has 1 aliphatic rings. The highest BCUT2D eigenvalue weighted by Crippen LogP contribution is 2.24. The molecular weight excluding hydrogens is 270 g/mol. The number of rotatable bonds is 4. The minimum absolute atomic E-state index is 0.331. The number of aromatic nitrogens is 2. The number of aryl methyl sites for hydroxylation is 1. The van der Waals surface area contributed by atoms with Gasteiger partial charge in [0.1, 0.15) is 12.4 Å². The normalized spacial score (nSPS) is 16.2. The van der Waals surface area contributed by atoms with Crippen LogP contribution in [0.4, 0.5) is 0 Å². The summed E-state index contributed by atoms with van der Waals surface area (Å²) in [4.78, 5) is 20.0. The predicted molar refractivity (Wildman–Crippen MR) is 79.9 cm³/mol. The van der Waals surface area contributed by atoms with Crippen molar-refractivity contribution in [1.29, 1.82) is 0 Å². The molecule has 1 N–H and O–H groups in total. The first-order chi connectivity index (χ1) is 10.2. The minimum Gasteiger partial charge on any atom is -0.492 e. The second kappa shape index (κ2) is 6.24. The van der Waals surface area contributed by atoms with E-state index in [4.69, 9.17) is 9.47 Å². The lowest BCUT2D eigenvalue weighted by atomic mass is 10.1. The number of H-pyrrole nitrogens is 1. The van der Waals surface area contributed by atoms with E-state index in [1.807, 2.05) is 19.1 Å². The van der Waals surface area contributed by atoms with E-state index in [2.05, 4.69) is 14.9 Å². The summed E-state index contributed by atoms with van der Waals surface area (Å²) in [6.07, 6.45) is 1.60. The van der Waals surface area contributed by atoms with Crippen LogP contribution < -0.4 is 10.4 Å². The van der Waals surface area contributed by atoms with E-state index in [-0.39, 0.29) is 5.69 Å². The molecule has 1 fully saturated rings. The number of morpholine rings is 1. The summed E-state index contributed by atoms with van der Waals surface area (Å²) in [5, 5.41) is 0.915. The Kier molecular flexibility index (Phi) is 4.17. The lowest BCUT2D eigenvalue weighted by Gasteiger charge is -2.26. The number of fused-ring (bicyclic) bond motifs is 1. The Morgan fingerprint density at radius 3 is 3.00 bits per heavy atom.